The molecule has 2 aromatic heterocycles. The highest BCUT2D eigenvalue weighted by Gasteiger charge is 2.19. The number of fused-ring (bicyclic) bond motifs is 1. The number of imidazole rings is 1. The van der Waals surface area contributed by atoms with Crippen molar-refractivity contribution in [2.75, 3.05) is 22.1 Å². The molecular weight excluding hydrogens is 332 g/mol. The van der Waals surface area contributed by atoms with Crippen LogP contribution in [0.2, 0.25) is 0 Å². The average Bonchev–Trinajstić information content (AvgIpc) is 3.09. The summed E-state index contributed by atoms with van der Waals surface area (Å²) in [5.41, 5.74) is 1.49. The SMILES string of the molecule is CC(=O)Nc1cccc(Nc2ncnc(N3CCn4ccnc4C3)n2)c1. The molecule has 0 bridgehead atoms. The zero-order valence-corrected chi connectivity index (χ0v) is 14.3. The monoisotopic (exact) mass is 350 g/mol. The Hall–Kier alpha value is -3.49. The maximum atomic E-state index is 11.2. The summed E-state index contributed by atoms with van der Waals surface area (Å²) in [5, 5.41) is 5.90. The van der Waals surface area contributed by atoms with Crippen LogP contribution in [0.4, 0.5) is 23.3 Å². The predicted octanol–water partition coefficient (Wildman–Crippen LogP) is 1.79. The lowest BCUT2D eigenvalue weighted by molar-refractivity contribution is -0.114. The fourth-order valence-electron chi connectivity index (χ4n) is 2.85. The third-order valence-electron chi connectivity index (χ3n) is 4.03. The van der Waals surface area contributed by atoms with Crippen molar-refractivity contribution in [1.82, 2.24) is 24.5 Å². The van der Waals surface area contributed by atoms with Crippen LogP contribution in [0.15, 0.2) is 43.0 Å². The molecule has 0 aliphatic carbocycles. The molecule has 0 unspecified atom stereocenters. The number of carbonyl (C=O) groups is 1. The summed E-state index contributed by atoms with van der Waals surface area (Å²) in [7, 11) is 0. The Morgan fingerprint density at radius 3 is 2.92 bits per heavy atom. The van der Waals surface area contributed by atoms with E-state index in [9.17, 15) is 4.79 Å². The number of anilines is 4. The Bertz CT molecular complexity index is 938. The van der Waals surface area contributed by atoms with Crippen molar-refractivity contribution < 1.29 is 4.79 Å². The van der Waals surface area contributed by atoms with Gasteiger partial charge in [-0.1, -0.05) is 6.07 Å². The number of benzene rings is 1. The molecule has 0 radical (unpaired) electrons. The first kappa shape index (κ1) is 16.0. The van der Waals surface area contributed by atoms with Gasteiger partial charge in [-0.2, -0.15) is 4.98 Å². The first-order valence-corrected chi connectivity index (χ1v) is 8.26. The van der Waals surface area contributed by atoms with Gasteiger partial charge in [-0.25, -0.2) is 15.0 Å². The molecule has 2 N–H and O–H groups in total. The molecule has 0 spiro atoms. The highest BCUT2D eigenvalue weighted by atomic mass is 16.1. The molecule has 26 heavy (non-hydrogen) atoms. The summed E-state index contributed by atoms with van der Waals surface area (Å²) in [5.74, 6) is 1.93. The van der Waals surface area contributed by atoms with Gasteiger partial charge in [0, 0.05) is 43.8 Å². The van der Waals surface area contributed by atoms with Crippen LogP contribution in [-0.4, -0.2) is 37.0 Å². The number of hydrogen-bond acceptors (Lipinski definition) is 7. The minimum Gasteiger partial charge on any atom is -0.332 e. The van der Waals surface area contributed by atoms with Gasteiger partial charge in [0.15, 0.2) is 0 Å². The smallest absolute Gasteiger partial charge is 0.232 e. The van der Waals surface area contributed by atoms with Crippen molar-refractivity contribution in [3.63, 3.8) is 0 Å². The first-order chi connectivity index (χ1) is 12.7. The predicted molar refractivity (Wildman–Crippen MR) is 97.1 cm³/mol. The third-order valence-corrected chi connectivity index (χ3v) is 4.03. The van der Waals surface area contributed by atoms with Crippen molar-refractivity contribution in [1.29, 1.82) is 0 Å². The number of amides is 1. The average molecular weight is 350 g/mol. The number of rotatable bonds is 4. The van der Waals surface area contributed by atoms with E-state index in [-0.39, 0.29) is 5.91 Å². The Labute approximate surface area is 150 Å². The van der Waals surface area contributed by atoms with E-state index >= 15 is 0 Å². The zero-order chi connectivity index (χ0) is 17.9. The van der Waals surface area contributed by atoms with Gasteiger partial charge in [0.05, 0.1) is 6.54 Å². The van der Waals surface area contributed by atoms with Crippen molar-refractivity contribution in [2.24, 2.45) is 0 Å². The summed E-state index contributed by atoms with van der Waals surface area (Å²) in [6.07, 6.45) is 5.28. The molecule has 0 fully saturated rings. The van der Waals surface area contributed by atoms with Crippen LogP contribution in [-0.2, 0) is 17.9 Å². The van der Waals surface area contributed by atoms with Gasteiger partial charge in [-0.15, -0.1) is 0 Å². The van der Waals surface area contributed by atoms with Crippen LogP contribution in [0.3, 0.4) is 0 Å². The molecule has 0 saturated heterocycles. The van der Waals surface area contributed by atoms with E-state index in [1.165, 1.54) is 13.3 Å². The Kier molecular flexibility index (Phi) is 4.18. The van der Waals surface area contributed by atoms with Crippen LogP contribution < -0.4 is 15.5 Å². The second-order valence-electron chi connectivity index (χ2n) is 5.95. The van der Waals surface area contributed by atoms with Gasteiger partial charge >= 0.3 is 0 Å². The van der Waals surface area contributed by atoms with E-state index in [0.29, 0.717) is 24.1 Å². The second kappa shape index (κ2) is 6.79. The highest BCUT2D eigenvalue weighted by Crippen LogP contribution is 2.20. The van der Waals surface area contributed by atoms with Crippen LogP contribution >= 0.6 is 0 Å². The van der Waals surface area contributed by atoms with Crippen LogP contribution in [0.25, 0.3) is 0 Å². The quantitative estimate of drug-likeness (QED) is 0.740. The fourth-order valence-corrected chi connectivity index (χ4v) is 2.85. The molecule has 1 aromatic carbocycles. The number of carbonyl (C=O) groups excluding carboxylic acids is 1. The maximum Gasteiger partial charge on any atom is 0.232 e. The van der Waals surface area contributed by atoms with E-state index in [1.54, 1.807) is 6.20 Å². The summed E-state index contributed by atoms with van der Waals surface area (Å²) in [6, 6.07) is 7.37. The Morgan fingerprint density at radius 1 is 1.15 bits per heavy atom. The summed E-state index contributed by atoms with van der Waals surface area (Å²) in [4.78, 5) is 30.6. The number of aromatic nitrogens is 5. The number of hydrogen-bond donors (Lipinski definition) is 2. The summed E-state index contributed by atoms with van der Waals surface area (Å²) >= 11 is 0. The van der Waals surface area contributed by atoms with E-state index in [2.05, 4.69) is 40.0 Å². The lowest BCUT2D eigenvalue weighted by Crippen LogP contribution is -2.34. The van der Waals surface area contributed by atoms with Gasteiger partial charge < -0.3 is 20.1 Å². The third kappa shape index (κ3) is 3.46. The van der Waals surface area contributed by atoms with E-state index in [0.717, 1.165) is 24.6 Å². The van der Waals surface area contributed by atoms with Crippen LogP contribution in [0.1, 0.15) is 12.7 Å². The normalized spacial score (nSPS) is 13.2. The first-order valence-electron chi connectivity index (χ1n) is 8.26. The van der Waals surface area contributed by atoms with Gasteiger partial charge in [-0.05, 0) is 18.2 Å². The standard InChI is InChI=1S/C17H18N8O/c1-12(26)21-13-3-2-4-14(9-13)22-16-19-11-20-17(23-16)25-8-7-24-6-5-18-15(24)10-25/h2-6,9,11H,7-8,10H2,1H3,(H,21,26)(H,19,20,22,23). The molecule has 1 aliphatic heterocycles. The van der Waals surface area contributed by atoms with E-state index < -0.39 is 0 Å². The van der Waals surface area contributed by atoms with Crippen molar-refractivity contribution in [3.8, 4) is 0 Å². The van der Waals surface area contributed by atoms with Gasteiger partial charge in [0.2, 0.25) is 17.8 Å². The van der Waals surface area contributed by atoms with E-state index in [4.69, 9.17) is 0 Å². The highest BCUT2D eigenvalue weighted by molar-refractivity contribution is 5.89. The molecule has 1 aliphatic rings. The fraction of sp³-hybridized carbons (Fsp3) is 0.235. The molecule has 0 atom stereocenters. The topological polar surface area (TPSA) is 101 Å². The lowest BCUT2D eigenvalue weighted by atomic mass is 10.3. The Balaban J connectivity index is 1.51. The number of nitrogens with zero attached hydrogens (tertiary/aromatic N) is 6. The van der Waals surface area contributed by atoms with Crippen molar-refractivity contribution >= 4 is 29.2 Å². The minimum atomic E-state index is -0.118. The molecular formula is C17H18N8O. The molecule has 9 nitrogen and oxygen atoms in total. The largest absolute Gasteiger partial charge is 0.332 e. The van der Waals surface area contributed by atoms with Crippen molar-refractivity contribution in [3.05, 3.63) is 48.8 Å². The Morgan fingerprint density at radius 2 is 2.04 bits per heavy atom. The van der Waals surface area contributed by atoms with Gasteiger partial charge in [0.1, 0.15) is 12.2 Å². The van der Waals surface area contributed by atoms with Crippen LogP contribution in [0, 0.1) is 0 Å². The van der Waals surface area contributed by atoms with E-state index in [1.807, 2.05) is 30.5 Å². The second-order valence-corrected chi connectivity index (χ2v) is 5.95. The maximum absolute atomic E-state index is 11.2. The number of nitrogens with one attached hydrogen (secondary N) is 2. The van der Waals surface area contributed by atoms with Crippen molar-refractivity contribution in [2.45, 2.75) is 20.0 Å². The lowest BCUT2D eigenvalue weighted by Gasteiger charge is -2.27. The molecule has 9 heteroatoms. The molecule has 3 aromatic rings. The summed E-state index contributed by atoms with van der Waals surface area (Å²) < 4.78 is 2.13. The minimum absolute atomic E-state index is 0.118. The molecule has 1 amide bonds. The molecule has 0 saturated carbocycles. The molecule has 132 valence electrons. The molecule has 3 heterocycles. The van der Waals surface area contributed by atoms with Crippen LogP contribution in [0.5, 0.6) is 0 Å². The zero-order valence-electron chi connectivity index (χ0n) is 14.3. The molecule has 4 rings (SSSR count). The summed E-state index contributed by atoms with van der Waals surface area (Å²) in [6.45, 7) is 3.80. The van der Waals surface area contributed by atoms with Gasteiger partial charge in [-0.3, -0.25) is 4.79 Å². The van der Waals surface area contributed by atoms with Gasteiger partial charge in [0.25, 0.3) is 0 Å².